The van der Waals surface area contributed by atoms with Gasteiger partial charge in [0.1, 0.15) is 5.75 Å². The first-order valence-corrected chi connectivity index (χ1v) is 3.85. The van der Waals surface area contributed by atoms with Crippen LogP contribution in [-0.4, -0.2) is 24.4 Å². The second-order valence-corrected chi connectivity index (χ2v) is 2.52. The highest BCUT2D eigenvalue weighted by Crippen LogP contribution is 2.21. The molecule has 0 bridgehead atoms. The van der Waals surface area contributed by atoms with Crippen LogP contribution in [0.5, 0.6) is 11.6 Å². The highest BCUT2D eigenvalue weighted by Gasteiger charge is 2.12. The number of methoxy groups -OCH3 is 2. The van der Waals surface area contributed by atoms with Crippen LogP contribution in [0.2, 0.25) is 0 Å². The first-order valence-electron chi connectivity index (χ1n) is 3.48. The predicted octanol–water partition coefficient (Wildman–Crippen LogP) is 1.48. The highest BCUT2D eigenvalue weighted by atomic mass is 35.5. The number of pyridine rings is 1. The van der Waals surface area contributed by atoms with E-state index in [1.807, 2.05) is 0 Å². The number of ether oxygens (including phenoxy) is 2. The van der Waals surface area contributed by atoms with E-state index in [0.29, 0.717) is 11.6 Å². The second kappa shape index (κ2) is 4.09. The molecule has 1 aromatic rings. The van der Waals surface area contributed by atoms with Crippen molar-refractivity contribution in [1.29, 1.82) is 0 Å². The van der Waals surface area contributed by atoms with E-state index in [1.54, 1.807) is 12.1 Å². The summed E-state index contributed by atoms with van der Waals surface area (Å²) in [5, 5.41) is -0.671. The molecule has 5 heteroatoms. The monoisotopic (exact) mass is 201 g/mol. The maximum Gasteiger partial charge on any atom is 0.274 e. The molecule has 70 valence electrons. The third-order valence-corrected chi connectivity index (χ3v) is 1.63. The van der Waals surface area contributed by atoms with Crippen molar-refractivity contribution in [3.8, 4) is 11.6 Å². The second-order valence-electron chi connectivity index (χ2n) is 2.18. The van der Waals surface area contributed by atoms with Crippen LogP contribution >= 0.6 is 11.6 Å². The SMILES string of the molecule is COc1ccc(OC)c(C(=O)Cl)n1. The van der Waals surface area contributed by atoms with E-state index in [9.17, 15) is 4.79 Å². The van der Waals surface area contributed by atoms with Crippen LogP contribution in [0.25, 0.3) is 0 Å². The third-order valence-electron chi connectivity index (χ3n) is 1.45. The summed E-state index contributed by atoms with van der Waals surface area (Å²) < 4.78 is 9.71. The zero-order valence-corrected chi connectivity index (χ0v) is 7.96. The fourth-order valence-electron chi connectivity index (χ4n) is 0.848. The molecule has 1 aromatic heterocycles. The van der Waals surface area contributed by atoms with Gasteiger partial charge in [-0.3, -0.25) is 4.79 Å². The van der Waals surface area contributed by atoms with E-state index in [1.165, 1.54) is 14.2 Å². The molecular weight excluding hydrogens is 194 g/mol. The summed E-state index contributed by atoms with van der Waals surface area (Å²) in [5.74, 6) is 0.658. The van der Waals surface area contributed by atoms with E-state index in [2.05, 4.69) is 4.98 Å². The maximum atomic E-state index is 10.9. The molecule has 0 aliphatic carbocycles. The van der Waals surface area contributed by atoms with Crippen LogP contribution in [0, 0.1) is 0 Å². The summed E-state index contributed by atoms with van der Waals surface area (Å²) in [6.07, 6.45) is 0. The van der Waals surface area contributed by atoms with Gasteiger partial charge in [-0.15, -0.1) is 0 Å². The largest absolute Gasteiger partial charge is 0.494 e. The Kier molecular flexibility index (Phi) is 3.08. The van der Waals surface area contributed by atoms with E-state index >= 15 is 0 Å². The predicted molar refractivity (Wildman–Crippen MR) is 47.5 cm³/mol. The highest BCUT2D eigenvalue weighted by molar-refractivity contribution is 6.67. The lowest BCUT2D eigenvalue weighted by Gasteiger charge is -2.05. The molecule has 0 N–H and O–H groups in total. The van der Waals surface area contributed by atoms with Crippen molar-refractivity contribution < 1.29 is 14.3 Å². The minimum Gasteiger partial charge on any atom is -0.494 e. The van der Waals surface area contributed by atoms with E-state index in [4.69, 9.17) is 21.1 Å². The van der Waals surface area contributed by atoms with Crippen molar-refractivity contribution in [2.24, 2.45) is 0 Å². The Morgan fingerprint density at radius 3 is 2.54 bits per heavy atom. The van der Waals surface area contributed by atoms with Crippen LogP contribution in [0.1, 0.15) is 10.5 Å². The molecule has 0 aliphatic rings. The number of carbonyl (C=O) groups is 1. The lowest BCUT2D eigenvalue weighted by Crippen LogP contribution is -2.00. The average Bonchev–Trinajstić information content (AvgIpc) is 2.16. The topological polar surface area (TPSA) is 48.4 Å². The average molecular weight is 202 g/mol. The Morgan fingerprint density at radius 2 is 2.08 bits per heavy atom. The Balaban J connectivity index is 3.18. The van der Waals surface area contributed by atoms with Crippen molar-refractivity contribution in [2.45, 2.75) is 0 Å². The third kappa shape index (κ3) is 2.09. The first kappa shape index (κ1) is 9.80. The summed E-state index contributed by atoms with van der Waals surface area (Å²) in [6.45, 7) is 0. The molecule has 0 atom stereocenters. The minimum atomic E-state index is -0.671. The van der Waals surface area contributed by atoms with Crippen molar-refractivity contribution in [3.05, 3.63) is 17.8 Å². The summed E-state index contributed by atoms with van der Waals surface area (Å²) in [4.78, 5) is 14.7. The number of rotatable bonds is 3. The van der Waals surface area contributed by atoms with Crippen LogP contribution in [0.3, 0.4) is 0 Å². The molecule has 0 unspecified atom stereocenters. The van der Waals surface area contributed by atoms with Crippen molar-refractivity contribution >= 4 is 16.8 Å². The molecular formula is C8H8ClNO3. The minimum absolute atomic E-state index is 0.0588. The van der Waals surface area contributed by atoms with Gasteiger partial charge >= 0.3 is 0 Å². The van der Waals surface area contributed by atoms with Crippen molar-refractivity contribution in [2.75, 3.05) is 14.2 Å². The number of hydrogen-bond donors (Lipinski definition) is 0. The number of carbonyl (C=O) groups excluding carboxylic acids is 1. The zero-order chi connectivity index (χ0) is 9.84. The Labute approximate surface area is 80.4 Å². The molecule has 0 amide bonds. The normalized spacial score (nSPS) is 9.46. The Hall–Kier alpha value is -1.29. The molecule has 1 heterocycles. The van der Waals surface area contributed by atoms with E-state index in [-0.39, 0.29) is 5.69 Å². The lowest BCUT2D eigenvalue weighted by molar-refractivity contribution is 0.107. The molecule has 0 saturated heterocycles. The quantitative estimate of drug-likeness (QED) is 0.695. The van der Waals surface area contributed by atoms with Crippen LogP contribution in [0.15, 0.2) is 12.1 Å². The van der Waals surface area contributed by atoms with Crippen molar-refractivity contribution in [3.63, 3.8) is 0 Å². The Bertz CT molecular complexity index is 327. The van der Waals surface area contributed by atoms with Gasteiger partial charge in [0.05, 0.1) is 14.2 Å². The van der Waals surface area contributed by atoms with Gasteiger partial charge in [-0.2, -0.15) is 0 Å². The number of halogens is 1. The molecule has 1 rings (SSSR count). The van der Waals surface area contributed by atoms with Gasteiger partial charge in [0.2, 0.25) is 5.88 Å². The van der Waals surface area contributed by atoms with Gasteiger partial charge in [-0.05, 0) is 17.7 Å². The van der Waals surface area contributed by atoms with Gasteiger partial charge < -0.3 is 9.47 Å². The Morgan fingerprint density at radius 1 is 1.38 bits per heavy atom. The summed E-state index contributed by atoms with van der Waals surface area (Å²) in [7, 11) is 2.89. The smallest absolute Gasteiger partial charge is 0.274 e. The van der Waals surface area contributed by atoms with Gasteiger partial charge in [0.15, 0.2) is 5.69 Å². The molecule has 0 aliphatic heterocycles. The summed E-state index contributed by atoms with van der Waals surface area (Å²) in [5.41, 5.74) is 0.0588. The van der Waals surface area contributed by atoms with Crippen LogP contribution in [-0.2, 0) is 0 Å². The number of aromatic nitrogens is 1. The fourth-order valence-corrected chi connectivity index (χ4v) is 0.983. The molecule has 0 fully saturated rings. The van der Waals surface area contributed by atoms with Gasteiger partial charge in [0, 0.05) is 6.07 Å². The van der Waals surface area contributed by atoms with Crippen LogP contribution < -0.4 is 9.47 Å². The van der Waals surface area contributed by atoms with Gasteiger partial charge in [-0.1, -0.05) is 0 Å². The summed E-state index contributed by atoms with van der Waals surface area (Å²) >= 11 is 5.28. The molecule has 13 heavy (non-hydrogen) atoms. The van der Waals surface area contributed by atoms with Crippen molar-refractivity contribution in [1.82, 2.24) is 4.98 Å². The first-order chi connectivity index (χ1) is 6.19. The maximum absolute atomic E-state index is 10.9. The molecule has 0 saturated carbocycles. The molecule has 4 nitrogen and oxygen atoms in total. The fraction of sp³-hybridized carbons (Fsp3) is 0.250. The standard InChI is InChI=1S/C8H8ClNO3/c1-12-5-3-4-6(13-2)10-7(5)8(9)11/h3-4H,1-2H3. The van der Waals surface area contributed by atoms with Gasteiger partial charge in [-0.25, -0.2) is 4.98 Å². The molecule has 0 aromatic carbocycles. The zero-order valence-electron chi connectivity index (χ0n) is 7.20. The number of nitrogens with zero attached hydrogens (tertiary/aromatic N) is 1. The molecule has 0 spiro atoms. The summed E-state index contributed by atoms with van der Waals surface area (Å²) in [6, 6.07) is 3.16. The van der Waals surface area contributed by atoms with E-state index < -0.39 is 5.24 Å². The van der Waals surface area contributed by atoms with Gasteiger partial charge in [0.25, 0.3) is 5.24 Å². The molecule has 0 radical (unpaired) electrons. The lowest BCUT2D eigenvalue weighted by atomic mass is 10.3. The van der Waals surface area contributed by atoms with E-state index in [0.717, 1.165) is 0 Å². The number of hydrogen-bond acceptors (Lipinski definition) is 4. The van der Waals surface area contributed by atoms with Crippen LogP contribution in [0.4, 0.5) is 0 Å².